The lowest BCUT2D eigenvalue weighted by atomic mass is 9.97. The van der Waals surface area contributed by atoms with Gasteiger partial charge in [0, 0.05) is 30.4 Å². The second-order valence-electron chi connectivity index (χ2n) is 5.99. The Morgan fingerprint density at radius 2 is 2.30 bits per heavy atom. The Morgan fingerprint density at radius 3 is 3.15 bits per heavy atom. The van der Waals surface area contributed by atoms with Crippen LogP contribution in [-0.2, 0) is 6.42 Å². The van der Waals surface area contributed by atoms with E-state index in [1.165, 1.54) is 24.1 Å². The minimum atomic E-state index is 0.234. The van der Waals surface area contributed by atoms with E-state index >= 15 is 0 Å². The third-order valence-electron chi connectivity index (χ3n) is 4.57. The van der Waals surface area contributed by atoms with Gasteiger partial charge in [0.1, 0.15) is 0 Å². The number of carbonyl (C=O) groups is 1. The van der Waals surface area contributed by atoms with Crippen molar-refractivity contribution in [2.24, 2.45) is 0 Å². The third-order valence-corrected chi connectivity index (χ3v) is 4.57. The first-order valence-electron chi connectivity index (χ1n) is 7.97. The summed E-state index contributed by atoms with van der Waals surface area (Å²) in [5.41, 5.74) is 3.36. The Morgan fingerprint density at radius 1 is 1.40 bits per heavy atom. The zero-order valence-corrected chi connectivity index (χ0v) is 12.3. The molecular weight excluding hydrogens is 248 g/mol. The Bertz CT molecular complexity index is 496. The van der Waals surface area contributed by atoms with Crippen LogP contribution in [0.3, 0.4) is 0 Å². The van der Waals surface area contributed by atoms with Crippen LogP contribution in [0.5, 0.6) is 0 Å². The lowest BCUT2D eigenvalue weighted by Gasteiger charge is -2.36. The van der Waals surface area contributed by atoms with Crippen LogP contribution in [-0.4, -0.2) is 29.9 Å². The number of carbonyl (C=O) groups excluding carboxylic acids is 1. The number of hydrogen-bond acceptors (Lipinski definition) is 2. The number of fused-ring (bicyclic) bond motifs is 1. The summed E-state index contributed by atoms with van der Waals surface area (Å²) in [6, 6.07) is 6.59. The molecule has 2 aliphatic heterocycles. The molecule has 1 saturated heterocycles. The van der Waals surface area contributed by atoms with Gasteiger partial charge in [0.05, 0.1) is 0 Å². The van der Waals surface area contributed by atoms with Crippen LogP contribution >= 0.6 is 0 Å². The molecule has 2 aliphatic rings. The van der Waals surface area contributed by atoms with E-state index in [0.717, 1.165) is 44.3 Å². The molecule has 3 nitrogen and oxygen atoms in total. The zero-order valence-electron chi connectivity index (χ0n) is 12.3. The van der Waals surface area contributed by atoms with Crippen molar-refractivity contribution < 1.29 is 4.79 Å². The summed E-state index contributed by atoms with van der Waals surface area (Å²) >= 11 is 0. The van der Waals surface area contributed by atoms with E-state index in [1.807, 2.05) is 6.07 Å². The first kappa shape index (κ1) is 13.5. The molecule has 0 radical (unpaired) electrons. The summed E-state index contributed by atoms with van der Waals surface area (Å²) < 4.78 is 0. The van der Waals surface area contributed by atoms with Gasteiger partial charge in [-0.3, -0.25) is 4.79 Å². The molecule has 1 amide bonds. The van der Waals surface area contributed by atoms with Gasteiger partial charge in [0.25, 0.3) is 5.91 Å². The average Bonchev–Trinajstić information content (AvgIpc) is 2.95. The Balaban J connectivity index is 1.80. The van der Waals surface area contributed by atoms with E-state index in [2.05, 4.69) is 29.3 Å². The normalized spacial score (nSPS) is 21.4. The van der Waals surface area contributed by atoms with Crippen molar-refractivity contribution in [3.05, 3.63) is 29.3 Å². The average molecular weight is 272 g/mol. The molecule has 0 bridgehead atoms. The lowest BCUT2D eigenvalue weighted by Crippen LogP contribution is -2.43. The SMILES string of the molecule is CCCC1CCCCN1C(=O)c1ccc2c(c1)CCN2. The first-order valence-corrected chi connectivity index (χ1v) is 7.97. The second-order valence-corrected chi connectivity index (χ2v) is 5.99. The van der Waals surface area contributed by atoms with E-state index in [9.17, 15) is 4.79 Å². The number of rotatable bonds is 3. The summed E-state index contributed by atoms with van der Waals surface area (Å²) in [7, 11) is 0. The Labute approximate surface area is 121 Å². The topological polar surface area (TPSA) is 32.3 Å². The molecule has 3 heteroatoms. The molecule has 0 saturated carbocycles. The maximum atomic E-state index is 12.8. The number of likely N-dealkylation sites (tertiary alicyclic amines) is 1. The molecule has 2 heterocycles. The van der Waals surface area contributed by atoms with Crippen molar-refractivity contribution in [3.63, 3.8) is 0 Å². The Kier molecular flexibility index (Phi) is 3.95. The molecule has 1 aromatic carbocycles. The fraction of sp³-hybridized carbons (Fsp3) is 0.588. The molecule has 108 valence electrons. The van der Waals surface area contributed by atoms with Crippen molar-refractivity contribution in [1.29, 1.82) is 0 Å². The number of nitrogens with zero attached hydrogens (tertiary/aromatic N) is 1. The van der Waals surface area contributed by atoms with Crippen LogP contribution in [0.2, 0.25) is 0 Å². The predicted molar refractivity (Wildman–Crippen MR) is 82.2 cm³/mol. The van der Waals surface area contributed by atoms with Crippen LogP contribution < -0.4 is 5.32 Å². The van der Waals surface area contributed by atoms with Gasteiger partial charge in [-0.25, -0.2) is 0 Å². The molecular formula is C17H24N2O. The van der Waals surface area contributed by atoms with Crippen LogP contribution in [0.4, 0.5) is 5.69 Å². The van der Waals surface area contributed by atoms with Gasteiger partial charge in [-0.05, 0) is 55.9 Å². The summed E-state index contributed by atoms with van der Waals surface area (Å²) in [5, 5.41) is 3.35. The summed E-state index contributed by atoms with van der Waals surface area (Å²) in [4.78, 5) is 14.9. The lowest BCUT2D eigenvalue weighted by molar-refractivity contribution is 0.0600. The minimum absolute atomic E-state index is 0.234. The molecule has 0 spiro atoms. The number of piperidine rings is 1. The van der Waals surface area contributed by atoms with Crippen molar-refractivity contribution in [2.75, 3.05) is 18.4 Å². The molecule has 1 unspecified atom stereocenters. The molecule has 0 aliphatic carbocycles. The number of hydrogen-bond donors (Lipinski definition) is 1. The molecule has 1 N–H and O–H groups in total. The summed E-state index contributed by atoms with van der Waals surface area (Å²) in [5.74, 6) is 0.234. The van der Waals surface area contributed by atoms with Gasteiger partial charge >= 0.3 is 0 Å². The highest BCUT2D eigenvalue weighted by atomic mass is 16.2. The quantitative estimate of drug-likeness (QED) is 0.914. The fourth-order valence-electron chi connectivity index (χ4n) is 3.50. The number of nitrogens with one attached hydrogen (secondary N) is 1. The van der Waals surface area contributed by atoms with Crippen LogP contribution in [0.25, 0.3) is 0 Å². The fourth-order valence-corrected chi connectivity index (χ4v) is 3.50. The molecule has 0 aromatic heterocycles. The van der Waals surface area contributed by atoms with Crippen molar-refractivity contribution in [1.82, 2.24) is 4.90 Å². The van der Waals surface area contributed by atoms with Gasteiger partial charge in [0.2, 0.25) is 0 Å². The van der Waals surface area contributed by atoms with Crippen molar-refractivity contribution in [2.45, 2.75) is 51.5 Å². The molecule has 1 aromatic rings. The van der Waals surface area contributed by atoms with Gasteiger partial charge in [0.15, 0.2) is 0 Å². The smallest absolute Gasteiger partial charge is 0.254 e. The maximum Gasteiger partial charge on any atom is 0.254 e. The predicted octanol–water partition coefficient (Wildman–Crippen LogP) is 3.45. The third kappa shape index (κ3) is 2.54. The summed E-state index contributed by atoms with van der Waals surface area (Å²) in [6.07, 6.45) is 6.92. The molecule has 1 atom stereocenters. The monoisotopic (exact) mass is 272 g/mol. The van der Waals surface area contributed by atoms with E-state index in [-0.39, 0.29) is 5.91 Å². The highest BCUT2D eigenvalue weighted by molar-refractivity contribution is 5.95. The standard InChI is InChI=1S/C17H24N2O/c1-2-5-15-6-3-4-11-19(15)17(20)14-7-8-16-13(12-14)9-10-18-16/h7-8,12,15,18H,2-6,9-11H2,1H3. The molecule has 20 heavy (non-hydrogen) atoms. The number of benzene rings is 1. The summed E-state index contributed by atoms with van der Waals surface area (Å²) in [6.45, 7) is 4.13. The van der Waals surface area contributed by atoms with Crippen LogP contribution in [0.1, 0.15) is 54.9 Å². The van der Waals surface area contributed by atoms with Crippen molar-refractivity contribution >= 4 is 11.6 Å². The van der Waals surface area contributed by atoms with Gasteiger partial charge < -0.3 is 10.2 Å². The number of amides is 1. The molecule has 3 rings (SSSR count). The van der Waals surface area contributed by atoms with Crippen molar-refractivity contribution in [3.8, 4) is 0 Å². The van der Waals surface area contributed by atoms with E-state index in [0.29, 0.717) is 6.04 Å². The minimum Gasteiger partial charge on any atom is -0.384 e. The van der Waals surface area contributed by atoms with Crippen LogP contribution in [0, 0.1) is 0 Å². The number of anilines is 1. The maximum absolute atomic E-state index is 12.8. The molecule has 1 fully saturated rings. The zero-order chi connectivity index (χ0) is 13.9. The highest BCUT2D eigenvalue weighted by Crippen LogP contribution is 2.26. The second kappa shape index (κ2) is 5.86. The van der Waals surface area contributed by atoms with E-state index < -0.39 is 0 Å². The van der Waals surface area contributed by atoms with Gasteiger partial charge in [-0.2, -0.15) is 0 Å². The van der Waals surface area contributed by atoms with Gasteiger partial charge in [-0.15, -0.1) is 0 Å². The highest BCUT2D eigenvalue weighted by Gasteiger charge is 2.27. The van der Waals surface area contributed by atoms with Crippen LogP contribution in [0.15, 0.2) is 18.2 Å². The Hall–Kier alpha value is -1.51. The van der Waals surface area contributed by atoms with E-state index in [4.69, 9.17) is 0 Å². The first-order chi connectivity index (χ1) is 9.79. The van der Waals surface area contributed by atoms with Gasteiger partial charge in [-0.1, -0.05) is 13.3 Å². The van der Waals surface area contributed by atoms with E-state index in [1.54, 1.807) is 0 Å². The largest absolute Gasteiger partial charge is 0.384 e.